The van der Waals surface area contributed by atoms with Crippen molar-refractivity contribution in [3.63, 3.8) is 0 Å². The molecule has 2 fully saturated rings. The van der Waals surface area contributed by atoms with E-state index in [0.717, 1.165) is 12.0 Å². The minimum Gasteiger partial charge on any atom is -0.344 e. The van der Waals surface area contributed by atoms with Crippen molar-refractivity contribution in [3.8, 4) is 0 Å². The van der Waals surface area contributed by atoms with E-state index in [4.69, 9.17) is 9.47 Å². The van der Waals surface area contributed by atoms with Crippen LogP contribution in [-0.4, -0.2) is 24.8 Å². The maximum absolute atomic E-state index is 12.0. The molecule has 1 saturated carbocycles. The van der Waals surface area contributed by atoms with E-state index in [1.165, 1.54) is 0 Å². The summed E-state index contributed by atoms with van der Waals surface area (Å²) in [5, 5.41) is 0. The van der Waals surface area contributed by atoms with E-state index in [0.29, 0.717) is 37.8 Å². The molecule has 2 atom stereocenters. The number of carbonyl (C=O) groups is 1. The van der Waals surface area contributed by atoms with Gasteiger partial charge >= 0.3 is 0 Å². The van der Waals surface area contributed by atoms with Gasteiger partial charge in [0.1, 0.15) is 0 Å². The highest BCUT2D eigenvalue weighted by atomic mass is 16.7. The predicted octanol–water partition coefficient (Wildman–Crippen LogP) is 2.23. The normalized spacial score (nSPS) is 35.6. The van der Waals surface area contributed by atoms with Crippen LogP contribution in [0.3, 0.4) is 0 Å². The standard InChI is InChI=1S/C14H18O3/c1-10-8-11-2-4-14(16-6-7-17-14)5-3-12(11)13(15)9-10/h2-4,10-11H,5-9H2,1H3/t10-,11-/m1/s1. The summed E-state index contributed by atoms with van der Waals surface area (Å²) in [6.45, 7) is 3.43. The van der Waals surface area contributed by atoms with Crippen LogP contribution >= 0.6 is 0 Å². The molecule has 3 nitrogen and oxygen atoms in total. The average Bonchev–Trinajstić information content (AvgIpc) is 2.65. The van der Waals surface area contributed by atoms with Gasteiger partial charge in [0.05, 0.1) is 13.2 Å². The molecule has 0 aromatic rings. The van der Waals surface area contributed by atoms with Gasteiger partial charge in [-0.2, -0.15) is 0 Å². The Labute approximate surface area is 101 Å². The highest BCUT2D eigenvalue weighted by Gasteiger charge is 2.37. The second-order valence-corrected chi connectivity index (χ2v) is 5.31. The predicted molar refractivity (Wildman–Crippen MR) is 63.4 cm³/mol. The first-order valence-electron chi connectivity index (χ1n) is 6.39. The molecule has 1 saturated heterocycles. The lowest BCUT2D eigenvalue weighted by Crippen LogP contribution is -2.25. The van der Waals surface area contributed by atoms with Crippen LogP contribution in [0, 0.1) is 11.8 Å². The van der Waals surface area contributed by atoms with E-state index in [2.05, 4.69) is 13.0 Å². The van der Waals surface area contributed by atoms with Crippen LogP contribution < -0.4 is 0 Å². The molecule has 17 heavy (non-hydrogen) atoms. The molecule has 0 unspecified atom stereocenters. The highest BCUT2D eigenvalue weighted by molar-refractivity contribution is 5.97. The molecule has 0 aromatic heterocycles. The Kier molecular flexibility index (Phi) is 2.68. The van der Waals surface area contributed by atoms with Crippen LogP contribution in [0.5, 0.6) is 0 Å². The van der Waals surface area contributed by atoms with Crippen LogP contribution in [0.4, 0.5) is 0 Å². The number of rotatable bonds is 0. The molecule has 92 valence electrons. The topological polar surface area (TPSA) is 35.5 Å². The average molecular weight is 234 g/mol. The molecule has 1 spiro atoms. The fraction of sp³-hybridized carbons (Fsp3) is 0.643. The Morgan fingerprint density at radius 2 is 2.12 bits per heavy atom. The second-order valence-electron chi connectivity index (χ2n) is 5.31. The molecule has 0 radical (unpaired) electrons. The molecule has 3 rings (SSSR count). The zero-order chi connectivity index (χ0) is 11.9. The lowest BCUT2D eigenvalue weighted by atomic mass is 9.78. The smallest absolute Gasteiger partial charge is 0.191 e. The van der Waals surface area contributed by atoms with Gasteiger partial charge in [-0.1, -0.05) is 19.1 Å². The molecular formula is C14H18O3. The van der Waals surface area contributed by atoms with Gasteiger partial charge in [0.2, 0.25) is 0 Å². The number of Topliss-reactive ketones (excluding diaryl/α,β-unsaturated/α-hetero) is 1. The number of ether oxygens (including phenoxy) is 2. The largest absolute Gasteiger partial charge is 0.344 e. The van der Waals surface area contributed by atoms with E-state index < -0.39 is 5.79 Å². The summed E-state index contributed by atoms with van der Waals surface area (Å²) in [4.78, 5) is 12.0. The lowest BCUT2D eigenvalue weighted by Gasteiger charge is -2.25. The van der Waals surface area contributed by atoms with Crippen LogP contribution in [0.1, 0.15) is 26.2 Å². The van der Waals surface area contributed by atoms with Gasteiger partial charge < -0.3 is 9.47 Å². The maximum Gasteiger partial charge on any atom is 0.191 e. The third-order valence-electron chi connectivity index (χ3n) is 3.88. The van der Waals surface area contributed by atoms with Crippen molar-refractivity contribution >= 4 is 5.78 Å². The number of ketones is 1. The van der Waals surface area contributed by atoms with Crippen molar-refractivity contribution in [2.75, 3.05) is 13.2 Å². The summed E-state index contributed by atoms with van der Waals surface area (Å²) < 4.78 is 11.3. The summed E-state index contributed by atoms with van der Waals surface area (Å²) in [6, 6.07) is 0. The zero-order valence-electron chi connectivity index (χ0n) is 10.1. The summed E-state index contributed by atoms with van der Waals surface area (Å²) in [6.07, 6.45) is 8.56. The van der Waals surface area contributed by atoms with Crippen molar-refractivity contribution < 1.29 is 14.3 Å². The number of allylic oxidation sites excluding steroid dienone is 2. The summed E-state index contributed by atoms with van der Waals surface area (Å²) in [5.74, 6) is 0.453. The molecule has 3 aliphatic rings. The summed E-state index contributed by atoms with van der Waals surface area (Å²) in [7, 11) is 0. The minimum absolute atomic E-state index is 0.262. The van der Waals surface area contributed by atoms with Crippen molar-refractivity contribution in [2.45, 2.75) is 32.0 Å². The molecule has 2 aliphatic carbocycles. The Hall–Kier alpha value is -0.930. The molecule has 1 heterocycles. The first kappa shape index (κ1) is 11.2. The molecule has 0 N–H and O–H groups in total. The van der Waals surface area contributed by atoms with E-state index in [1.807, 2.05) is 12.2 Å². The van der Waals surface area contributed by atoms with E-state index in [9.17, 15) is 4.79 Å². The Morgan fingerprint density at radius 3 is 2.88 bits per heavy atom. The van der Waals surface area contributed by atoms with Gasteiger partial charge in [-0.15, -0.1) is 0 Å². The summed E-state index contributed by atoms with van der Waals surface area (Å²) >= 11 is 0. The zero-order valence-corrected chi connectivity index (χ0v) is 10.1. The van der Waals surface area contributed by atoms with Gasteiger partial charge in [0, 0.05) is 18.8 Å². The Balaban J connectivity index is 1.90. The number of hydrogen-bond donors (Lipinski definition) is 0. The van der Waals surface area contributed by atoms with Gasteiger partial charge in [0.25, 0.3) is 0 Å². The number of carbonyl (C=O) groups excluding carboxylic acids is 1. The lowest BCUT2D eigenvalue weighted by molar-refractivity contribution is -0.118. The minimum atomic E-state index is -0.589. The van der Waals surface area contributed by atoms with E-state index in [1.54, 1.807) is 0 Å². The van der Waals surface area contributed by atoms with Crippen LogP contribution in [0.25, 0.3) is 0 Å². The van der Waals surface area contributed by atoms with Crippen molar-refractivity contribution in [1.29, 1.82) is 0 Å². The van der Waals surface area contributed by atoms with Gasteiger partial charge in [-0.05, 0) is 24.0 Å². The summed E-state index contributed by atoms with van der Waals surface area (Å²) in [5.41, 5.74) is 0.968. The third-order valence-corrected chi connectivity index (χ3v) is 3.88. The Bertz CT molecular complexity index is 388. The maximum atomic E-state index is 12.0. The number of fused-ring (bicyclic) bond motifs is 1. The van der Waals surface area contributed by atoms with Crippen molar-refractivity contribution in [1.82, 2.24) is 0 Å². The van der Waals surface area contributed by atoms with E-state index in [-0.39, 0.29) is 5.92 Å². The SMILES string of the molecule is C[C@H]1CC(=O)C2=CCC3(C=C[C@@H]2C1)OCCO3. The highest BCUT2D eigenvalue weighted by Crippen LogP contribution is 2.37. The molecule has 0 bridgehead atoms. The first-order valence-corrected chi connectivity index (χ1v) is 6.39. The quantitative estimate of drug-likeness (QED) is 0.603. The van der Waals surface area contributed by atoms with Gasteiger partial charge in [-0.25, -0.2) is 0 Å². The van der Waals surface area contributed by atoms with Gasteiger partial charge in [0.15, 0.2) is 11.6 Å². The van der Waals surface area contributed by atoms with Crippen LogP contribution in [-0.2, 0) is 14.3 Å². The van der Waals surface area contributed by atoms with Crippen LogP contribution in [0.2, 0.25) is 0 Å². The third kappa shape index (κ3) is 1.98. The molecule has 3 heteroatoms. The van der Waals surface area contributed by atoms with Crippen molar-refractivity contribution in [2.24, 2.45) is 11.8 Å². The molecular weight excluding hydrogens is 216 g/mol. The van der Waals surface area contributed by atoms with Crippen molar-refractivity contribution in [3.05, 3.63) is 23.8 Å². The fourth-order valence-corrected chi connectivity index (χ4v) is 3.00. The monoisotopic (exact) mass is 234 g/mol. The fourth-order valence-electron chi connectivity index (χ4n) is 3.00. The van der Waals surface area contributed by atoms with Gasteiger partial charge in [-0.3, -0.25) is 4.79 Å². The van der Waals surface area contributed by atoms with Crippen LogP contribution in [0.15, 0.2) is 23.8 Å². The molecule has 1 aliphatic heterocycles. The molecule has 0 aromatic carbocycles. The van der Waals surface area contributed by atoms with E-state index >= 15 is 0 Å². The second kappa shape index (κ2) is 4.07. The first-order chi connectivity index (χ1) is 8.19. The molecule has 0 amide bonds. The number of hydrogen-bond acceptors (Lipinski definition) is 3. The Morgan fingerprint density at radius 1 is 1.35 bits per heavy atom.